The van der Waals surface area contributed by atoms with Crippen LogP contribution in [-0.4, -0.2) is 24.4 Å². The van der Waals surface area contributed by atoms with Crippen molar-refractivity contribution in [2.45, 2.75) is 39.2 Å². The summed E-state index contributed by atoms with van der Waals surface area (Å²) in [6.45, 7) is 3.86. The molecule has 1 aromatic carbocycles. The number of hydrogen-bond acceptors (Lipinski definition) is 5. The van der Waals surface area contributed by atoms with Crippen molar-refractivity contribution in [3.8, 4) is 0 Å². The number of aryl methyl sites for hydroxylation is 1. The number of unbranched alkanes of at least 4 members (excludes halogenated alkanes) is 1. The highest BCUT2D eigenvalue weighted by atomic mass is 16.4. The van der Waals surface area contributed by atoms with Gasteiger partial charge < -0.3 is 20.8 Å². The first-order valence-corrected chi connectivity index (χ1v) is 8.22. The van der Waals surface area contributed by atoms with Gasteiger partial charge in [0.2, 0.25) is 11.8 Å². The zero-order valence-electron chi connectivity index (χ0n) is 14.4. The lowest BCUT2D eigenvalue weighted by Gasteiger charge is -2.13. The SMILES string of the molecule is CC(=O)NCCCCC(N)C(=O)Nc1ccc2oc(=O)cc(C)c2c1. The highest BCUT2D eigenvalue weighted by molar-refractivity contribution is 5.96. The first kappa shape index (κ1) is 18.7. The molecule has 0 fully saturated rings. The molecule has 1 atom stereocenters. The van der Waals surface area contributed by atoms with Crippen LogP contribution in [0.1, 0.15) is 31.7 Å². The second kappa shape index (κ2) is 8.43. The molecule has 7 heteroatoms. The van der Waals surface area contributed by atoms with Crippen molar-refractivity contribution in [1.29, 1.82) is 0 Å². The lowest BCUT2D eigenvalue weighted by Crippen LogP contribution is -2.35. The van der Waals surface area contributed by atoms with Crippen LogP contribution in [0.2, 0.25) is 0 Å². The largest absolute Gasteiger partial charge is 0.423 e. The van der Waals surface area contributed by atoms with Crippen LogP contribution in [-0.2, 0) is 9.59 Å². The molecule has 2 aromatic rings. The van der Waals surface area contributed by atoms with Gasteiger partial charge >= 0.3 is 5.63 Å². The summed E-state index contributed by atoms with van der Waals surface area (Å²) < 4.78 is 5.12. The summed E-state index contributed by atoms with van der Waals surface area (Å²) in [5.74, 6) is -0.335. The minimum absolute atomic E-state index is 0.0653. The van der Waals surface area contributed by atoms with E-state index in [1.165, 1.54) is 13.0 Å². The standard InChI is InChI=1S/C18H23N3O4/c1-11-9-17(23)25-16-7-6-13(10-14(11)16)21-18(24)15(19)5-3-4-8-20-12(2)22/h6-7,9-10,15H,3-5,8,19H2,1-2H3,(H,20,22)(H,21,24). The minimum atomic E-state index is -0.622. The number of anilines is 1. The van der Waals surface area contributed by atoms with E-state index in [9.17, 15) is 14.4 Å². The summed E-state index contributed by atoms with van der Waals surface area (Å²) >= 11 is 0. The molecule has 4 N–H and O–H groups in total. The van der Waals surface area contributed by atoms with Crippen molar-refractivity contribution in [2.24, 2.45) is 5.73 Å². The van der Waals surface area contributed by atoms with Gasteiger partial charge in [-0.25, -0.2) is 4.79 Å². The van der Waals surface area contributed by atoms with Gasteiger partial charge in [0, 0.05) is 30.6 Å². The van der Waals surface area contributed by atoms with Gasteiger partial charge in [-0.15, -0.1) is 0 Å². The monoisotopic (exact) mass is 345 g/mol. The maximum atomic E-state index is 12.2. The molecule has 1 heterocycles. The van der Waals surface area contributed by atoms with E-state index in [4.69, 9.17) is 10.2 Å². The van der Waals surface area contributed by atoms with Crippen LogP contribution in [0.25, 0.3) is 11.0 Å². The van der Waals surface area contributed by atoms with Crippen LogP contribution in [0.4, 0.5) is 5.69 Å². The van der Waals surface area contributed by atoms with Gasteiger partial charge in [0.15, 0.2) is 0 Å². The van der Waals surface area contributed by atoms with Gasteiger partial charge in [0.25, 0.3) is 0 Å². The molecular weight excluding hydrogens is 322 g/mol. The van der Waals surface area contributed by atoms with Crippen molar-refractivity contribution in [3.05, 3.63) is 40.2 Å². The van der Waals surface area contributed by atoms with Crippen LogP contribution in [0.3, 0.4) is 0 Å². The number of amides is 2. The number of nitrogens with one attached hydrogen (secondary N) is 2. The molecule has 1 unspecified atom stereocenters. The molecule has 0 spiro atoms. The van der Waals surface area contributed by atoms with Crippen molar-refractivity contribution in [2.75, 3.05) is 11.9 Å². The van der Waals surface area contributed by atoms with Crippen LogP contribution >= 0.6 is 0 Å². The van der Waals surface area contributed by atoms with E-state index in [-0.39, 0.29) is 11.8 Å². The molecule has 25 heavy (non-hydrogen) atoms. The normalized spacial score (nSPS) is 12.0. The number of carbonyl (C=O) groups is 2. The molecule has 2 amide bonds. The van der Waals surface area contributed by atoms with E-state index in [1.54, 1.807) is 18.2 Å². The van der Waals surface area contributed by atoms with E-state index in [1.807, 2.05) is 6.92 Å². The summed E-state index contributed by atoms with van der Waals surface area (Å²) in [5, 5.41) is 6.25. The van der Waals surface area contributed by atoms with Gasteiger partial charge in [-0.1, -0.05) is 0 Å². The molecule has 0 saturated carbocycles. The molecule has 0 saturated heterocycles. The maximum absolute atomic E-state index is 12.2. The van der Waals surface area contributed by atoms with Gasteiger partial charge in [0.05, 0.1) is 6.04 Å². The molecular formula is C18H23N3O4. The van der Waals surface area contributed by atoms with Gasteiger partial charge in [-0.3, -0.25) is 9.59 Å². The van der Waals surface area contributed by atoms with Gasteiger partial charge in [-0.2, -0.15) is 0 Å². The molecule has 0 radical (unpaired) electrons. The highest BCUT2D eigenvalue weighted by Gasteiger charge is 2.14. The predicted molar refractivity (Wildman–Crippen MR) is 96.4 cm³/mol. The molecule has 0 aliphatic heterocycles. The van der Waals surface area contributed by atoms with Crippen molar-refractivity contribution < 1.29 is 14.0 Å². The molecule has 0 bridgehead atoms. The zero-order chi connectivity index (χ0) is 18.4. The Morgan fingerprint density at radius 2 is 2.00 bits per heavy atom. The minimum Gasteiger partial charge on any atom is -0.423 e. The smallest absolute Gasteiger partial charge is 0.336 e. The lowest BCUT2D eigenvalue weighted by molar-refractivity contribution is -0.119. The van der Waals surface area contributed by atoms with Gasteiger partial charge in [-0.05, 0) is 49.9 Å². The molecule has 0 aliphatic rings. The predicted octanol–water partition coefficient (Wildman–Crippen LogP) is 1.67. The number of hydrogen-bond donors (Lipinski definition) is 3. The Kier molecular flexibility index (Phi) is 6.30. The fourth-order valence-corrected chi connectivity index (χ4v) is 2.52. The van der Waals surface area contributed by atoms with Crippen LogP contribution < -0.4 is 22.0 Å². The average molecular weight is 345 g/mol. The number of benzene rings is 1. The fraction of sp³-hybridized carbons (Fsp3) is 0.389. The number of nitrogens with two attached hydrogens (primary N) is 1. The topological polar surface area (TPSA) is 114 Å². The van der Waals surface area contributed by atoms with Crippen molar-refractivity contribution in [3.63, 3.8) is 0 Å². The van der Waals surface area contributed by atoms with E-state index in [0.29, 0.717) is 24.2 Å². The molecule has 7 nitrogen and oxygen atoms in total. The second-order valence-electron chi connectivity index (χ2n) is 6.03. The third-order valence-electron chi connectivity index (χ3n) is 3.87. The highest BCUT2D eigenvalue weighted by Crippen LogP contribution is 2.21. The Bertz CT molecular complexity index is 829. The quantitative estimate of drug-likeness (QED) is 0.522. The van der Waals surface area contributed by atoms with E-state index in [0.717, 1.165) is 23.8 Å². The number of carbonyl (C=O) groups excluding carboxylic acids is 2. The van der Waals surface area contributed by atoms with E-state index < -0.39 is 11.7 Å². The third kappa shape index (κ3) is 5.42. The summed E-state index contributed by atoms with van der Waals surface area (Å²) in [7, 11) is 0. The summed E-state index contributed by atoms with van der Waals surface area (Å²) in [6.07, 6.45) is 2.05. The Morgan fingerprint density at radius 1 is 1.24 bits per heavy atom. The Balaban J connectivity index is 1.92. The summed E-state index contributed by atoms with van der Waals surface area (Å²) in [5.41, 5.74) is 7.37. The van der Waals surface area contributed by atoms with Crippen LogP contribution in [0.15, 0.2) is 33.5 Å². The average Bonchev–Trinajstić information content (AvgIpc) is 2.54. The maximum Gasteiger partial charge on any atom is 0.336 e. The van der Waals surface area contributed by atoms with Crippen molar-refractivity contribution in [1.82, 2.24) is 5.32 Å². The zero-order valence-corrected chi connectivity index (χ0v) is 14.4. The molecule has 134 valence electrons. The van der Waals surface area contributed by atoms with Crippen LogP contribution in [0.5, 0.6) is 0 Å². The molecule has 1 aromatic heterocycles. The van der Waals surface area contributed by atoms with Crippen molar-refractivity contribution >= 4 is 28.5 Å². The Labute approximate surface area is 145 Å². The fourth-order valence-electron chi connectivity index (χ4n) is 2.52. The summed E-state index contributed by atoms with van der Waals surface area (Å²) in [6, 6.07) is 5.87. The first-order valence-electron chi connectivity index (χ1n) is 8.22. The van der Waals surface area contributed by atoms with Crippen LogP contribution in [0, 0.1) is 6.92 Å². The van der Waals surface area contributed by atoms with E-state index >= 15 is 0 Å². The van der Waals surface area contributed by atoms with Gasteiger partial charge in [0.1, 0.15) is 5.58 Å². The number of rotatable bonds is 7. The second-order valence-corrected chi connectivity index (χ2v) is 6.03. The molecule has 2 rings (SSSR count). The number of fused-ring (bicyclic) bond motifs is 1. The first-order chi connectivity index (χ1) is 11.9. The Morgan fingerprint density at radius 3 is 2.72 bits per heavy atom. The van der Waals surface area contributed by atoms with E-state index in [2.05, 4.69) is 10.6 Å². The summed E-state index contributed by atoms with van der Waals surface area (Å²) in [4.78, 5) is 34.3. The lowest BCUT2D eigenvalue weighted by atomic mass is 10.1. The third-order valence-corrected chi connectivity index (χ3v) is 3.87. The molecule has 0 aliphatic carbocycles. The Hall–Kier alpha value is -2.67.